The van der Waals surface area contributed by atoms with E-state index >= 15 is 0 Å². The molecular formula is C12H27N3. The molecule has 0 saturated carbocycles. The molecule has 1 rings (SSSR count). The van der Waals surface area contributed by atoms with Crippen LogP contribution in [0.1, 0.15) is 19.8 Å². The average molecular weight is 213 g/mol. The van der Waals surface area contributed by atoms with E-state index in [2.05, 4.69) is 43.2 Å². The molecule has 90 valence electrons. The van der Waals surface area contributed by atoms with E-state index in [1.54, 1.807) is 0 Å². The van der Waals surface area contributed by atoms with Gasteiger partial charge >= 0.3 is 0 Å². The van der Waals surface area contributed by atoms with E-state index in [1.165, 1.54) is 39.0 Å². The molecule has 3 nitrogen and oxygen atoms in total. The molecule has 1 fully saturated rings. The van der Waals surface area contributed by atoms with Crippen molar-refractivity contribution < 1.29 is 0 Å². The van der Waals surface area contributed by atoms with Gasteiger partial charge in [0.2, 0.25) is 0 Å². The molecule has 1 N–H and O–H groups in total. The average Bonchev–Trinajstić information content (AvgIpc) is 2.63. The van der Waals surface area contributed by atoms with Crippen LogP contribution in [0.2, 0.25) is 0 Å². The van der Waals surface area contributed by atoms with Gasteiger partial charge in [-0.1, -0.05) is 0 Å². The van der Waals surface area contributed by atoms with E-state index in [0.29, 0.717) is 0 Å². The van der Waals surface area contributed by atoms with Gasteiger partial charge in [-0.25, -0.2) is 0 Å². The van der Waals surface area contributed by atoms with Gasteiger partial charge in [-0.15, -0.1) is 0 Å². The highest BCUT2D eigenvalue weighted by Gasteiger charge is 2.25. The highest BCUT2D eigenvalue weighted by atomic mass is 15.2. The lowest BCUT2D eigenvalue weighted by Crippen LogP contribution is -2.34. The van der Waals surface area contributed by atoms with Crippen LogP contribution in [0.15, 0.2) is 0 Å². The molecule has 2 unspecified atom stereocenters. The normalized spacial score (nSPS) is 25.0. The summed E-state index contributed by atoms with van der Waals surface area (Å²) in [6.07, 6.45) is 2.66. The first kappa shape index (κ1) is 12.9. The van der Waals surface area contributed by atoms with Crippen LogP contribution in [-0.2, 0) is 0 Å². The molecule has 1 saturated heterocycles. The smallest absolute Gasteiger partial charge is 0.00792 e. The Kier molecular flexibility index (Phi) is 5.58. The molecule has 0 radical (unpaired) electrons. The zero-order chi connectivity index (χ0) is 11.3. The summed E-state index contributed by atoms with van der Waals surface area (Å²) in [7, 11) is 6.36. The van der Waals surface area contributed by atoms with Crippen LogP contribution in [0.3, 0.4) is 0 Å². The molecule has 0 amide bonds. The third kappa shape index (κ3) is 4.49. The Labute approximate surface area is 94.8 Å². The summed E-state index contributed by atoms with van der Waals surface area (Å²) in [6, 6.07) is 0.745. The van der Waals surface area contributed by atoms with E-state index in [9.17, 15) is 0 Å². The van der Waals surface area contributed by atoms with Gasteiger partial charge in [0.1, 0.15) is 0 Å². The lowest BCUT2D eigenvalue weighted by molar-refractivity contribution is 0.220. The molecule has 0 aromatic heterocycles. The zero-order valence-electron chi connectivity index (χ0n) is 10.8. The minimum Gasteiger partial charge on any atom is -0.319 e. The second kappa shape index (κ2) is 6.46. The van der Waals surface area contributed by atoms with E-state index in [1.807, 2.05) is 0 Å². The number of hydrogen-bond donors (Lipinski definition) is 1. The number of likely N-dealkylation sites (tertiary alicyclic amines) is 1. The second-order valence-electron chi connectivity index (χ2n) is 5.15. The minimum atomic E-state index is 0.745. The molecule has 1 aliphatic rings. The summed E-state index contributed by atoms with van der Waals surface area (Å²) in [5, 5.41) is 3.28. The fraction of sp³-hybridized carbons (Fsp3) is 1.00. The summed E-state index contributed by atoms with van der Waals surface area (Å²) in [5.41, 5.74) is 0. The summed E-state index contributed by atoms with van der Waals surface area (Å²) in [6.45, 7) is 7.33. The third-order valence-corrected chi connectivity index (χ3v) is 3.43. The van der Waals surface area contributed by atoms with Crippen molar-refractivity contribution in [1.29, 1.82) is 0 Å². The lowest BCUT2D eigenvalue weighted by atomic mass is 10.1. The highest BCUT2D eigenvalue weighted by Crippen LogP contribution is 2.19. The predicted octanol–water partition coefficient (Wildman–Crippen LogP) is 0.868. The van der Waals surface area contributed by atoms with Gasteiger partial charge in [-0.3, -0.25) is 0 Å². The van der Waals surface area contributed by atoms with Crippen molar-refractivity contribution >= 4 is 0 Å². The Morgan fingerprint density at radius 3 is 2.80 bits per heavy atom. The maximum atomic E-state index is 3.28. The third-order valence-electron chi connectivity index (χ3n) is 3.43. The maximum absolute atomic E-state index is 3.28. The molecule has 15 heavy (non-hydrogen) atoms. The summed E-state index contributed by atoms with van der Waals surface area (Å²) >= 11 is 0. The second-order valence-corrected chi connectivity index (χ2v) is 5.15. The Balaban J connectivity index is 2.20. The van der Waals surface area contributed by atoms with E-state index in [0.717, 1.165) is 12.0 Å². The van der Waals surface area contributed by atoms with Gasteiger partial charge in [-0.05, 0) is 66.5 Å². The van der Waals surface area contributed by atoms with Crippen molar-refractivity contribution in [2.24, 2.45) is 5.92 Å². The summed E-state index contributed by atoms with van der Waals surface area (Å²) in [5.74, 6) is 0.872. The topological polar surface area (TPSA) is 18.5 Å². The van der Waals surface area contributed by atoms with Crippen LogP contribution in [0, 0.1) is 5.92 Å². The van der Waals surface area contributed by atoms with Gasteiger partial charge < -0.3 is 15.1 Å². The van der Waals surface area contributed by atoms with Crippen LogP contribution in [-0.4, -0.2) is 63.2 Å². The molecule has 1 aliphatic heterocycles. The van der Waals surface area contributed by atoms with Crippen molar-refractivity contribution in [3.05, 3.63) is 0 Å². The Hall–Kier alpha value is -0.120. The SMILES string of the molecule is CNCC1CCN(C(C)CCN(C)C)C1. The first-order valence-corrected chi connectivity index (χ1v) is 6.17. The fourth-order valence-electron chi connectivity index (χ4n) is 2.35. The monoisotopic (exact) mass is 213 g/mol. The van der Waals surface area contributed by atoms with E-state index in [-0.39, 0.29) is 0 Å². The number of nitrogens with zero attached hydrogens (tertiary/aromatic N) is 2. The molecule has 0 aromatic carbocycles. The highest BCUT2D eigenvalue weighted by molar-refractivity contribution is 4.80. The Morgan fingerprint density at radius 2 is 2.20 bits per heavy atom. The van der Waals surface area contributed by atoms with Crippen molar-refractivity contribution in [2.45, 2.75) is 25.8 Å². The molecule has 0 aliphatic carbocycles. The maximum Gasteiger partial charge on any atom is 0.00792 e. The minimum absolute atomic E-state index is 0.745. The Bertz CT molecular complexity index is 170. The van der Waals surface area contributed by atoms with E-state index < -0.39 is 0 Å². The molecular weight excluding hydrogens is 186 g/mol. The molecule has 2 atom stereocenters. The Morgan fingerprint density at radius 1 is 1.47 bits per heavy atom. The lowest BCUT2D eigenvalue weighted by Gasteiger charge is -2.25. The first-order chi connectivity index (χ1) is 7.13. The van der Waals surface area contributed by atoms with Crippen LogP contribution in [0.5, 0.6) is 0 Å². The number of nitrogens with one attached hydrogen (secondary N) is 1. The van der Waals surface area contributed by atoms with Crippen LogP contribution < -0.4 is 5.32 Å². The van der Waals surface area contributed by atoms with Gasteiger partial charge in [0.15, 0.2) is 0 Å². The fourth-order valence-corrected chi connectivity index (χ4v) is 2.35. The van der Waals surface area contributed by atoms with Crippen LogP contribution >= 0.6 is 0 Å². The predicted molar refractivity (Wildman–Crippen MR) is 66.2 cm³/mol. The molecule has 0 spiro atoms. The zero-order valence-corrected chi connectivity index (χ0v) is 10.8. The number of hydrogen-bond acceptors (Lipinski definition) is 3. The number of rotatable bonds is 6. The van der Waals surface area contributed by atoms with Crippen molar-refractivity contribution in [1.82, 2.24) is 15.1 Å². The van der Waals surface area contributed by atoms with Gasteiger partial charge in [0.05, 0.1) is 0 Å². The summed E-state index contributed by atoms with van der Waals surface area (Å²) < 4.78 is 0. The van der Waals surface area contributed by atoms with Crippen molar-refractivity contribution in [3.8, 4) is 0 Å². The van der Waals surface area contributed by atoms with E-state index in [4.69, 9.17) is 0 Å². The molecule has 3 heteroatoms. The van der Waals surface area contributed by atoms with Gasteiger partial charge in [0, 0.05) is 12.6 Å². The van der Waals surface area contributed by atoms with Crippen molar-refractivity contribution in [2.75, 3.05) is 47.3 Å². The van der Waals surface area contributed by atoms with Gasteiger partial charge in [-0.2, -0.15) is 0 Å². The largest absolute Gasteiger partial charge is 0.319 e. The quantitative estimate of drug-likeness (QED) is 0.706. The molecule has 0 aromatic rings. The van der Waals surface area contributed by atoms with Crippen LogP contribution in [0.25, 0.3) is 0 Å². The molecule has 0 bridgehead atoms. The standard InChI is InChI=1S/C12H27N3/c1-11(5-7-14(3)4)15-8-6-12(10-15)9-13-2/h11-13H,5-10H2,1-4H3. The summed E-state index contributed by atoms with van der Waals surface area (Å²) in [4.78, 5) is 4.92. The van der Waals surface area contributed by atoms with Gasteiger partial charge in [0.25, 0.3) is 0 Å². The van der Waals surface area contributed by atoms with Crippen molar-refractivity contribution in [3.63, 3.8) is 0 Å². The first-order valence-electron chi connectivity index (χ1n) is 6.17. The molecule has 1 heterocycles. The van der Waals surface area contributed by atoms with Crippen LogP contribution in [0.4, 0.5) is 0 Å².